The number of hydrogen-bond acceptors (Lipinski definition) is 3. The molecule has 0 saturated heterocycles. The van der Waals surface area contributed by atoms with Crippen LogP contribution in [0.25, 0.3) is 0 Å². The molecule has 0 spiro atoms. The van der Waals surface area contributed by atoms with Crippen LogP contribution in [0.5, 0.6) is 0 Å². The Balaban J connectivity index is 1.93. The van der Waals surface area contributed by atoms with Crippen molar-refractivity contribution in [3.8, 4) is 0 Å². The summed E-state index contributed by atoms with van der Waals surface area (Å²) in [5.74, 6) is -0.143. The summed E-state index contributed by atoms with van der Waals surface area (Å²) in [6.07, 6.45) is 1.39. The fourth-order valence-corrected chi connectivity index (χ4v) is 3.19. The summed E-state index contributed by atoms with van der Waals surface area (Å²) >= 11 is 0. The highest BCUT2D eigenvalue weighted by Crippen LogP contribution is 2.36. The molecule has 0 aliphatic carbocycles. The molecule has 0 aromatic heterocycles. The second-order valence-corrected chi connectivity index (χ2v) is 6.12. The third kappa shape index (κ3) is 2.71. The van der Waals surface area contributed by atoms with E-state index >= 15 is 0 Å². The molecule has 0 amide bonds. The largest absolute Gasteiger partial charge is 0.469 e. The molecule has 1 aliphatic heterocycles. The van der Waals surface area contributed by atoms with Crippen molar-refractivity contribution < 1.29 is 9.53 Å². The van der Waals surface area contributed by atoms with Gasteiger partial charge in [-0.3, -0.25) is 4.79 Å². The first kappa shape index (κ1) is 14.6. The highest BCUT2D eigenvalue weighted by Gasteiger charge is 2.42. The SMILES string of the molecule is COC(=O)[C@@]1(Cc2ccc(C)cc2)CNc2ccccc2C1. The second kappa shape index (κ2) is 5.84. The smallest absolute Gasteiger partial charge is 0.314 e. The number of hydrogen-bond donors (Lipinski definition) is 1. The van der Waals surface area contributed by atoms with Gasteiger partial charge in [-0.15, -0.1) is 0 Å². The number of carbonyl (C=O) groups is 1. The third-order valence-electron chi connectivity index (χ3n) is 4.44. The number of carbonyl (C=O) groups excluding carboxylic acids is 1. The van der Waals surface area contributed by atoms with Crippen molar-refractivity contribution in [1.82, 2.24) is 0 Å². The maximum absolute atomic E-state index is 12.5. The molecule has 1 aliphatic rings. The maximum atomic E-state index is 12.5. The van der Waals surface area contributed by atoms with Gasteiger partial charge in [-0.1, -0.05) is 48.0 Å². The summed E-state index contributed by atoms with van der Waals surface area (Å²) in [4.78, 5) is 12.5. The van der Waals surface area contributed by atoms with Gasteiger partial charge in [-0.2, -0.15) is 0 Å². The minimum absolute atomic E-state index is 0.143. The Kier molecular flexibility index (Phi) is 3.88. The number of para-hydroxylation sites is 1. The van der Waals surface area contributed by atoms with Crippen LogP contribution in [0.4, 0.5) is 5.69 Å². The Bertz CT molecular complexity index is 678. The van der Waals surface area contributed by atoms with E-state index in [1.807, 2.05) is 12.1 Å². The minimum Gasteiger partial charge on any atom is -0.469 e. The molecule has 3 heteroatoms. The van der Waals surface area contributed by atoms with Crippen molar-refractivity contribution in [3.05, 3.63) is 65.2 Å². The van der Waals surface area contributed by atoms with Crippen molar-refractivity contribution in [2.75, 3.05) is 19.0 Å². The lowest BCUT2D eigenvalue weighted by Gasteiger charge is -2.36. The minimum atomic E-state index is -0.543. The fourth-order valence-electron chi connectivity index (χ4n) is 3.19. The van der Waals surface area contributed by atoms with E-state index < -0.39 is 5.41 Å². The van der Waals surface area contributed by atoms with Crippen LogP contribution in [0.1, 0.15) is 16.7 Å². The van der Waals surface area contributed by atoms with Crippen LogP contribution in [0.2, 0.25) is 0 Å². The maximum Gasteiger partial charge on any atom is 0.314 e. The molecule has 1 atom stereocenters. The number of nitrogens with one attached hydrogen (secondary N) is 1. The highest BCUT2D eigenvalue weighted by molar-refractivity contribution is 5.80. The normalized spacial score (nSPS) is 19.9. The molecule has 114 valence electrons. The molecule has 0 radical (unpaired) electrons. The standard InChI is InChI=1S/C19H21NO2/c1-14-7-9-15(10-8-14)11-19(18(21)22-2)12-16-5-3-4-6-17(16)20-13-19/h3-10,20H,11-13H2,1-2H3/t19-/m1/s1. The van der Waals surface area contributed by atoms with Gasteiger partial charge in [0.2, 0.25) is 0 Å². The van der Waals surface area contributed by atoms with Gasteiger partial charge in [0.1, 0.15) is 0 Å². The van der Waals surface area contributed by atoms with Gasteiger partial charge in [0, 0.05) is 12.2 Å². The Labute approximate surface area is 131 Å². The molecule has 1 heterocycles. The number of benzene rings is 2. The predicted octanol–water partition coefficient (Wildman–Crippen LogP) is 3.37. The topological polar surface area (TPSA) is 38.3 Å². The Hall–Kier alpha value is -2.29. The van der Waals surface area contributed by atoms with Crippen LogP contribution in [0.15, 0.2) is 48.5 Å². The average molecular weight is 295 g/mol. The van der Waals surface area contributed by atoms with Crippen LogP contribution in [-0.2, 0) is 22.4 Å². The lowest BCUT2D eigenvalue weighted by Crippen LogP contribution is -2.45. The van der Waals surface area contributed by atoms with Gasteiger partial charge in [-0.05, 0) is 37.0 Å². The number of esters is 1. The number of rotatable bonds is 3. The number of aryl methyl sites for hydroxylation is 1. The van der Waals surface area contributed by atoms with Crippen LogP contribution >= 0.6 is 0 Å². The van der Waals surface area contributed by atoms with Crippen molar-refractivity contribution in [2.24, 2.45) is 5.41 Å². The van der Waals surface area contributed by atoms with Gasteiger partial charge in [-0.25, -0.2) is 0 Å². The molecule has 3 rings (SSSR count). The second-order valence-electron chi connectivity index (χ2n) is 6.12. The quantitative estimate of drug-likeness (QED) is 0.882. The van der Waals surface area contributed by atoms with Crippen molar-refractivity contribution in [2.45, 2.75) is 19.8 Å². The Morgan fingerprint density at radius 3 is 2.64 bits per heavy atom. The molecule has 0 fully saturated rings. The fraction of sp³-hybridized carbons (Fsp3) is 0.316. The van der Waals surface area contributed by atoms with Crippen LogP contribution in [0.3, 0.4) is 0 Å². The molecule has 2 aromatic carbocycles. The summed E-state index contributed by atoms with van der Waals surface area (Å²) in [6.45, 7) is 2.67. The van der Waals surface area contributed by atoms with E-state index in [2.05, 4.69) is 48.6 Å². The van der Waals surface area contributed by atoms with Gasteiger partial charge in [0.25, 0.3) is 0 Å². The predicted molar refractivity (Wildman–Crippen MR) is 88.0 cm³/mol. The monoisotopic (exact) mass is 295 g/mol. The summed E-state index contributed by atoms with van der Waals surface area (Å²) in [5.41, 5.74) is 4.13. The molecule has 2 aromatic rings. The van der Waals surface area contributed by atoms with E-state index in [4.69, 9.17) is 4.74 Å². The molecule has 1 N–H and O–H groups in total. The molecule has 22 heavy (non-hydrogen) atoms. The third-order valence-corrected chi connectivity index (χ3v) is 4.44. The van der Waals surface area contributed by atoms with E-state index in [1.165, 1.54) is 18.2 Å². The highest BCUT2D eigenvalue weighted by atomic mass is 16.5. The summed E-state index contributed by atoms with van der Waals surface area (Å²) < 4.78 is 5.13. The van der Waals surface area contributed by atoms with E-state index in [9.17, 15) is 4.79 Å². The van der Waals surface area contributed by atoms with Gasteiger partial charge < -0.3 is 10.1 Å². The van der Waals surface area contributed by atoms with Gasteiger partial charge in [0.15, 0.2) is 0 Å². The van der Waals surface area contributed by atoms with E-state index in [0.29, 0.717) is 19.4 Å². The number of ether oxygens (including phenoxy) is 1. The molecular formula is C19H21NO2. The van der Waals surface area contributed by atoms with Crippen molar-refractivity contribution in [3.63, 3.8) is 0 Å². The van der Waals surface area contributed by atoms with Crippen molar-refractivity contribution >= 4 is 11.7 Å². The number of anilines is 1. The lowest BCUT2D eigenvalue weighted by molar-refractivity contribution is -0.152. The first-order valence-electron chi connectivity index (χ1n) is 7.59. The van der Waals surface area contributed by atoms with Gasteiger partial charge in [0.05, 0.1) is 12.5 Å². The van der Waals surface area contributed by atoms with E-state index in [0.717, 1.165) is 11.3 Å². The summed E-state index contributed by atoms with van der Waals surface area (Å²) in [6, 6.07) is 16.5. The molecule has 3 nitrogen and oxygen atoms in total. The molecule has 0 saturated carbocycles. The zero-order chi connectivity index (χ0) is 15.6. The first-order chi connectivity index (χ1) is 10.6. The average Bonchev–Trinajstić information content (AvgIpc) is 2.56. The Morgan fingerprint density at radius 2 is 1.91 bits per heavy atom. The van der Waals surface area contributed by atoms with E-state index in [-0.39, 0.29) is 5.97 Å². The summed E-state index contributed by atoms with van der Waals surface area (Å²) in [7, 11) is 1.47. The first-order valence-corrected chi connectivity index (χ1v) is 7.59. The lowest BCUT2D eigenvalue weighted by atomic mass is 9.74. The Morgan fingerprint density at radius 1 is 1.18 bits per heavy atom. The summed E-state index contributed by atoms with van der Waals surface area (Å²) in [5, 5.41) is 3.40. The number of methoxy groups -OCH3 is 1. The van der Waals surface area contributed by atoms with Crippen molar-refractivity contribution in [1.29, 1.82) is 0 Å². The van der Waals surface area contributed by atoms with Gasteiger partial charge >= 0.3 is 5.97 Å². The zero-order valence-electron chi connectivity index (χ0n) is 13.1. The van der Waals surface area contributed by atoms with Crippen LogP contribution in [-0.4, -0.2) is 19.6 Å². The molecule has 0 unspecified atom stereocenters. The van der Waals surface area contributed by atoms with Crippen LogP contribution in [0, 0.1) is 12.3 Å². The molecular weight excluding hydrogens is 274 g/mol. The van der Waals surface area contributed by atoms with Crippen LogP contribution < -0.4 is 5.32 Å². The zero-order valence-corrected chi connectivity index (χ0v) is 13.1. The van der Waals surface area contributed by atoms with E-state index in [1.54, 1.807) is 0 Å². The molecule has 0 bridgehead atoms. The number of fused-ring (bicyclic) bond motifs is 1.